The lowest BCUT2D eigenvalue weighted by molar-refractivity contribution is -0.192. The zero-order valence-corrected chi connectivity index (χ0v) is 25.0. The van der Waals surface area contributed by atoms with Crippen molar-refractivity contribution >= 4 is 35.1 Å². The zero-order chi connectivity index (χ0) is 34.4. The maximum absolute atomic E-state index is 12.5. The van der Waals surface area contributed by atoms with Crippen molar-refractivity contribution in [3.63, 3.8) is 0 Å². The van der Waals surface area contributed by atoms with Crippen LogP contribution < -0.4 is 21.3 Å². The minimum Gasteiger partial charge on any atom is -0.480 e. The Morgan fingerprint density at radius 1 is 0.809 bits per heavy atom. The highest BCUT2D eigenvalue weighted by Gasteiger charge is 2.38. The number of rotatable bonds is 8. The van der Waals surface area contributed by atoms with Crippen LogP contribution in [0.15, 0.2) is 103 Å². The molecule has 0 aromatic heterocycles. The second-order valence-corrected chi connectivity index (χ2v) is 10.0. The van der Waals surface area contributed by atoms with Crippen molar-refractivity contribution in [2.75, 3.05) is 23.3 Å². The molecule has 0 saturated heterocycles. The number of nitrogens with one attached hydrogen (secondary N) is 2. The molecule has 2 amide bonds. The standard InChI is InChI=1S/C16H16N2O3.C16H16N2O.C2HF3O2/c17-10-12-5-4-8-14(9-12)18(11-15(19)20)16(21)13-6-2-1-3-7-13;19-16(18-11-12-4-2-1-3-5-12)14-7-6-13-8-9-17-15(13)10-14;3-2(4,5)1(6)7/h1-9H,10-11,17H2,(H,19,20);1-7,10,17H,8-9,11H2,(H,18,19);(H,6,7). The van der Waals surface area contributed by atoms with Crippen molar-refractivity contribution in [3.05, 3.63) is 131 Å². The molecule has 1 aliphatic heterocycles. The van der Waals surface area contributed by atoms with E-state index in [4.69, 9.17) is 20.7 Å². The monoisotopic (exact) mass is 650 g/mol. The van der Waals surface area contributed by atoms with Crippen LogP contribution in [0.5, 0.6) is 0 Å². The highest BCUT2D eigenvalue weighted by atomic mass is 19.4. The van der Waals surface area contributed by atoms with Crippen molar-refractivity contribution in [1.29, 1.82) is 0 Å². The Labute approximate surface area is 268 Å². The summed E-state index contributed by atoms with van der Waals surface area (Å²) in [6.45, 7) is 1.45. The van der Waals surface area contributed by atoms with Gasteiger partial charge in [-0.05, 0) is 59.5 Å². The molecule has 0 atom stereocenters. The van der Waals surface area contributed by atoms with E-state index in [1.807, 2.05) is 54.6 Å². The van der Waals surface area contributed by atoms with Gasteiger partial charge in [-0.25, -0.2) is 4.79 Å². The Hall–Kier alpha value is -5.69. The zero-order valence-electron chi connectivity index (χ0n) is 25.0. The lowest BCUT2D eigenvalue weighted by Gasteiger charge is -2.21. The smallest absolute Gasteiger partial charge is 0.480 e. The average molecular weight is 651 g/mol. The van der Waals surface area contributed by atoms with Crippen LogP contribution in [-0.2, 0) is 29.1 Å². The molecule has 0 spiro atoms. The van der Waals surface area contributed by atoms with Gasteiger partial charge in [-0.2, -0.15) is 13.2 Å². The van der Waals surface area contributed by atoms with Gasteiger partial charge in [-0.15, -0.1) is 0 Å². The minimum atomic E-state index is -5.08. The van der Waals surface area contributed by atoms with Crippen molar-refractivity contribution < 1.29 is 42.6 Å². The van der Waals surface area contributed by atoms with E-state index in [0.29, 0.717) is 29.9 Å². The maximum atomic E-state index is 12.5. The Balaban J connectivity index is 0.000000214. The van der Waals surface area contributed by atoms with Crippen molar-refractivity contribution in [2.24, 2.45) is 5.73 Å². The van der Waals surface area contributed by atoms with Crippen LogP contribution in [-0.4, -0.2) is 53.2 Å². The molecular weight excluding hydrogens is 617 g/mol. The van der Waals surface area contributed by atoms with Gasteiger partial charge < -0.3 is 26.6 Å². The number of alkyl halides is 3. The molecule has 0 fully saturated rings. The number of carbonyl (C=O) groups excluding carboxylic acids is 2. The molecule has 0 unspecified atom stereocenters. The van der Waals surface area contributed by atoms with Crippen molar-refractivity contribution in [1.82, 2.24) is 5.32 Å². The molecule has 246 valence electrons. The third-order valence-electron chi connectivity index (χ3n) is 6.64. The normalized spacial score (nSPS) is 11.3. The molecule has 4 aromatic rings. The second kappa shape index (κ2) is 17.1. The summed E-state index contributed by atoms with van der Waals surface area (Å²) < 4.78 is 31.7. The highest BCUT2D eigenvalue weighted by molar-refractivity contribution is 6.08. The predicted molar refractivity (Wildman–Crippen MR) is 170 cm³/mol. The van der Waals surface area contributed by atoms with Gasteiger partial charge in [0.1, 0.15) is 6.54 Å². The van der Waals surface area contributed by atoms with Gasteiger partial charge in [0.2, 0.25) is 0 Å². The number of nitrogens with two attached hydrogens (primary N) is 1. The summed E-state index contributed by atoms with van der Waals surface area (Å²) in [5.41, 5.74) is 11.6. The summed E-state index contributed by atoms with van der Waals surface area (Å²) in [5.74, 6) is -4.21. The topological polar surface area (TPSA) is 162 Å². The lowest BCUT2D eigenvalue weighted by atomic mass is 10.1. The molecule has 13 heteroatoms. The van der Waals surface area contributed by atoms with Gasteiger partial charge in [0.05, 0.1) is 0 Å². The number of carbonyl (C=O) groups is 4. The number of carboxylic acids is 2. The van der Waals surface area contributed by atoms with Gasteiger partial charge in [-0.1, -0.05) is 66.7 Å². The first kappa shape index (κ1) is 35.8. The van der Waals surface area contributed by atoms with Gasteiger partial charge in [0.15, 0.2) is 0 Å². The Kier molecular flexibility index (Phi) is 13.0. The molecule has 4 aromatic carbocycles. The number of carboxylic acid groups (broad SMARTS) is 2. The quantitative estimate of drug-likeness (QED) is 0.176. The first-order valence-electron chi connectivity index (χ1n) is 14.3. The summed E-state index contributed by atoms with van der Waals surface area (Å²) in [5, 5.41) is 22.4. The van der Waals surface area contributed by atoms with Gasteiger partial charge in [-0.3, -0.25) is 19.3 Å². The fourth-order valence-electron chi connectivity index (χ4n) is 4.32. The number of amides is 2. The summed E-state index contributed by atoms with van der Waals surface area (Å²) in [7, 11) is 0. The van der Waals surface area contributed by atoms with Crippen LogP contribution in [0.1, 0.15) is 37.4 Å². The van der Waals surface area contributed by atoms with Gasteiger partial charge in [0, 0.05) is 42.1 Å². The van der Waals surface area contributed by atoms with Crippen LogP contribution in [0.25, 0.3) is 0 Å². The number of hydrogen-bond donors (Lipinski definition) is 5. The average Bonchev–Trinajstić information content (AvgIpc) is 3.55. The molecule has 0 saturated carbocycles. The first-order chi connectivity index (χ1) is 22.4. The van der Waals surface area contributed by atoms with Gasteiger partial charge in [0.25, 0.3) is 11.8 Å². The van der Waals surface area contributed by atoms with Gasteiger partial charge >= 0.3 is 18.1 Å². The molecule has 6 N–H and O–H groups in total. The summed E-state index contributed by atoms with van der Waals surface area (Å²) >= 11 is 0. The molecule has 47 heavy (non-hydrogen) atoms. The molecule has 0 bridgehead atoms. The highest BCUT2D eigenvalue weighted by Crippen LogP contribution is 2.23. The largest absolute Gasteiger partial charge is 0.490 e. The van der Waals surface area contributed by atoms with Crippen LogP contribution in [0.2, 0.25) is 0 Å². The van der Waals surface area contributed by atoms with E-state index in [2.05, 4.69) is 10.6 Å². The second-order valence-electron chi connectivity index (χ2n) is 10.0. The third-order valence-corrected chi connectivity index (χ3v) is 6.64. The number of fused-ring (bicyclic) bond motifs is 1. The van der Waals surface area contributed by atoms with Crippen molar-refractivity contribution in [3.8, 4) is 0 Å². The SMILES string of the molecule is NCc1cccc(N(CC(=O)O)C(=O)c2ccccc2)c1.O=C(NCc1ccccc1)c1ccc2c(c1)NCC2.O=C(O)C(F)(F)F. The number of halogens is 3. The van der Waals surface area contributed by atoms with E-state index in [-0.39, 0.29) is 11.8 Å². The number of hydrogen-bond acceptors (Lipinski definition) is 6. The van der Waals surface area contributed by atoms with Crippen LogP contribution in [0, 0.1) is 0 Å². The number of nitrogens with zero attached hydrogens (tertiary/aromatic N) is 1. The summed E-state index contributed by atoms with van der Waals surface area (Å²) in [4.78, 5) is 45.8. The predicted octanol–water partition coefficient (Wildman–Crippen LogP) is 5.09. The summed E-state index contributed by atoms with van der Waals surface area (Å²) in [6.07, 6.45) is -4.04. The van der Waals surface area contributed by atoms with E-state index in [9.17, 15) is 27.6 Å². The Morgan fingerprint density at radius 3 is 2.02 bits per heavy atom. The van der Waals surface area contributed by atoms with E-state index in [1.54, 1.807) is 48.5 Å². The molecule has 1 aliphatic rings. The fraction of sp³-hybridized carbons (Fsp3) is 0.176. The van der Waals surface area contributed by atoms with Crippen LogP contribution in [0.4, 0.5) is 24.5 Å². The molecule has 5 rings (SSSR count). The Morgan fingerprint density at radius 2 is 1.43 bits per heavy atom. The number of benzene rings is 4. The minimum absolute atomic E-state index is 0.0275. The van der Waals surface area contributed by atoms with E-state index >= 15 is 0 Å². The Bertz CT molecular complexity index is 1670. The fourth-order valence-corrected chi connectivity index (χ4v) is 4.32. The van der Waals surface area contributed by atoms with E-state index < -0.39 is 24.7 Å². The van der Waals surface area contributed by atoms with E-state index in [0.717, 1.165) is 29.8 Å². The summed E-state index contributed by atoms with van der Waals surface area (Å²) in [6, 6.07) is 31.4. The molecule has 0 radical (unpaired) electrons. The molecular formula is C34H33F3N4O6. The third kappa shape index (κ3) is 11.3. The number of anilines is 2. The van der Waals surface area contributed by atoms with Crippen LogP contribution in [0.3, 0.4) is 0 Å². The molecule has 1 heterocycles. The van der Waals surface area contributed by atoms with Crippen LogP contribution >= 0.6 is 0 Å². The lowest BCUT2D eigenvalue weighted by Crippen LogP contribution is -2.35. The van der Waals surface area contributed by atoms with E-state index in [1.165, 1.54) is 10.5 Å². The first-order valence-corrected chi connectivity index (χ1v) is 14.3. The maximum Gasteiger partial charge on any atom is 0.490 e. The molecule has 0 aliphatic carbocycles. The molecule has 10 nitrogen and oxygen atoms in total. The van der Waals surface area contributed by atoms with Crippen molar-refractivity contribution in [2.45, 2.75) is 25.7 Å². The number of aliphatic carboxylic acids is 2.